The summed E-state index contributed by atoms with van der Waals surface area (Å²) in [4.78, 5) is 30.9. The number of hydrogen-bond acceptors (Lipinski definition) is 11. The molecule has 4 aliphatic heterocycles. The summed E-state index contributed by atoms with van der Waals surface area (Å²) in [5, 5.41) is 3.56. The van der Waals surface area contributed by atoms with Gasteiger partial charge in [0, 0.05) is 58.8 Å². The maximum absolute atomic E-state index is 12.9. The Morgan fingerprint density at radius 1 is 1.02 bits per heavy atom. The van der Waals surface area contributed by atoms with Crippen molar-refractivity contribution in [3.8, 4) is 17.6 Å². The lowest BCUT2D eigenvalue weighted by molar-refractivity contribution is -0.125. The Bertz CT molecular complexity index is 1630. The van der Waals surface area contributed by atoms with Gasteiger partial charge in [-0.25, -0.2) is 18.4 Å². The minimum atomic E-state index is -3.01. The number of fused-ring (bicyclic) bond motifs is 2. The average molecular weight is 694 g/mol. The number of aryl methyl sites for hydroxylation is 1. The van der Waals surface area contributed by atoms with Crippen molar-refractivity contribution in [3.05, 3.63) is 35.2 Å². The number of nitrogens with one attached hydrogen (secondary N) is 1. The second kappa shape index (κ2) is 16.1. The van der Waals surface area contributed by atoms with Gasteiger partial charge in [0.15, 0.2) is 9.84 Å². The van der Waals surface area contributed by atoms with Crippen molar-refractivity contribution in [1.29, 1.82) is 0 Å². The number of rotatable bonds is 9. The number of hydrogen-bond donors (Lipinski definition) is 1. The Hall–Kier alpha value is -3.44. The molecule has 1 amide bonds. The van der Waals surface area contributed by atoms with E-state index < -0.39 is 9.84 Å². The van der Waals surface area contributed by atoms with Crippen LogP contribution in [0.4, 0.5) is 17.3 Å². The molecular weight excluding hydrogens is 643 g/mol. The standard InChI is InChI=1S/C36H51N7O5S/c1-4-10-42(32(44)7-5-6-11-40-16-20-47-21-17-40)15-14-41-12-8-29(9-13-41)30-24-27(2)34-31(25-30)39-35-33(28(3)48-34)36(38-26-37-35)43-18-22-49(45,46)23-19-43/h24-26,28-29H,4,6,8-23H2,1-3H3,(H,37,38,39)/t28-/m1/s1. The number of piperidine rings is 1. The predicted molar refractivity (Wildman–Crippen MR) is 191 cm³/mol. The van der Waals surface area contributed by atoms with Crippen molar-refractivity contribution in [2.75, 3.05) is 100 Å². The highest BCUT2D eigenvalue weighted by atomic mass is 32.2. The minimum absolute atomic E-state index is 0.0638. The second-order valence-corrected chi connectivity index (χ2v) is 15.9. The average Bonchev–Trinajstić information content (AvgIpc) is 3.25. The molecule has 0 saturated carbocycles. The molecule has 0 unspecified atom stereocenters. The Morgan fingerprint density at radius 2 is 1.76 bits per heavy atom. The molecule has 3 saturated heterocycles. The minimum Gasteiger partial charge on any atom is -0.483 e. The topological polar surface area (TPSA) is 120 Å². The van der Waals surface area contributed by atoms with Crippen molar-refractivity contribution in [1.82, 2.24) is 24.7 Å². The highest BCUT2D eigenvalue weighted by Crippen LogP contribution is 2.44. The number of aromatic nitrogens is 2. The van der Waals surface area contributed by atoms with Gasteiger partial charge in [0.2, 0.25) is 0 Å². The molecule has 49 heavy (non-hydrogen) atoms. The first kappa shape index (κ1) is 35.4. The molecule has 4 aliphatic rings. The van der Waals surface area contributed by atoms with E-state index >= 15 is 0 Å². The van der Waals surface area contributed by atoms with Crippen LogP contribution in [0, 0.1) is 18.8 Å². The lowest BCUT2D eigenvalue weighted by atomic mass is 9.88. The Morgan fingerprint density at radius 3 is 2.49 bits per heavy atom. The fraction of sp³-hybridized carbons (Fsp3) is 0.639. The first-order chi connectivity index (χ1) is 23.7. The first-order valence-corrected chi connectivity index (χ1v) is 19.7. The van der Waals surface area contributed by atoms with Gasteiger partial charge in [-0.3, -0.25) is 9.69 Å². The van der Waals surface area contributed by atoms with Gasteiger partial charge in [-0.15, -0.1) is 0 Å². The zero-order valence-corrected chi connectivity index (χ0v) is 30.1. The maximum atomic E-state index is 12.9. The number of sulfone groups is 1. The third-order valence-corrected chi connectivity index (χ3v) is 11.7. The van der Waals surface area contributed by atoms with Crippen molar-refractivity contribution < 1.29 is 22.7 Å². The zero-order valence-electron chi connectivity index (χ0n) is 29.2. The number of carbonyl (C=O) groups excluding carboxylic acids is 1. The van der Waals surface area contributed by atoms with Crippen LogP contribution in [0.3, 0.4) is 0 Å². The fourth-order valence-electron chi connectivity index (χ4n) is 7.28. The van der Waals surface area contributed by atoms with Gasteiger partial charge in [-0.1, -0.05) is 18.9 Å². The molecule has 5 heterocycles. The third-order valence-electron chi connectivity index (χ3n) is 10.1. The van der Waals surface area contributed by atoms with Gasteiger partial charge in [0.25, 0.3) is 5.91 Å². The van der Waals surface area contributed by atoms with Crippen LogP contribution in [0.15, 0.2) is 18.5 Å². The number of ether oxygens (including phenoxy) is 2. The third kappa shape index (κ3) is 8.84. The summed E-state index contributed by atoms with van der Waals surface area (Å²) in [6, 6.07) is 4.46. The molecule has 0 radical (unpaired) electrons. The summed E-state index contributed by atoms with van der Waals surface area (Å²) in [5.41, 5.74) is 4.10. The van der Waals surface area contributed by atoms with Gasteiger partial charge in [0.05, 0.1) is 36.0 Å². The van der Waals surface area contributed by atoms with Gasteiger partial charge >= 0.3 is 0 Å². The molecule has 3 fully saturated rings. The van der Waals surface area contributed by atoms with E-state index in [1.807, 2.05) is 16.7 Å². The van der Waals surface area contributed by atoms with Crippen LogP contribution >= 0.6 is 0 Å². The smallest absolute Gasteiger partial charge is 0.298 e. The Kier molecular flexibility index (Phi) is 11.6. The molecule has 1 N–H and O–H groups in total. The number of carbonyl (C=O) groups is 1. The summed E-state index contributed by atoms with van der Waals surface area (Å²) in [6.07, 6.45) is 4.93. The molecule has 6 rings (SSSR count). The monoisotopic (exact) mass is 693 g/mol. The van der Waals surface area contributed by atoms with Crippen molar-refractivity contribution in [2.45, 2.75) is 58.5 Å². The first-order valence-electron chi connectivity index (χ1n) is 17.9. The van der Waals surface area contributed by atoms with Gasteiger partial charge in [0.1, 0.15) is 29.8 Å². The van der Waals surface area contributed by atoms with Crippen LogP contribution in [0.1, 0.15) is 68.2 Å². The van der Waals surface area contributed by atoms with Crippen LogP contribution in [0.2, 0.25) is 0 Å². The summed E-state index contributed by atoms with van der Waals surface area (Å²) in [7, 11) is -3.01. The van der Waals surface area contributed by atoms with Gasteiger partial charge in [-0.05, 0) is 75.2 Å². The van der Waals surface area contributed by atoms with E-state index in [2.05, 4.69) is 62.9 Å². The molecule has 13 heteroatoms. The molecule has 1 aromatic heterocycles. The zero-order chi connectivity index (χ0) is 34.4. The summed E-state index contributed by atoms with van der Waals surface area (Å²) >= 11 is 0. The molecule has 12 nitrogen and oxygen atoms in total. The molecule has 0 aliphatic carbocycles. The van der Waals surface area contributed by atoms with Gasteiger partial charge < -0.3 is 29.5 Å². The van der Waals surface area contributed by atoms with E-state index in [9.17, 15) is 13.2 Å². The maximum Gasteiger partial charge on any atom is 0.298 e. The normalized spacial score (nSPS) is 21.3. The molecule has 1 aromatic carbocycles. The van der Waals surface area contributed by atoms with Crippen molar-refractivity contribution >= 4 is 33.1 Å². The molecule has 2 aromatic rings. The lowest BCUT2D eigenvalue weighted by Gasteiger charge is -2.34. The van der Waals surface area contributed by atoms with Crippen LogP contribution in [0.5, 0.6) is 5.75 Å². The quantitative estimate of drug-likeness (QED) is 0.390. The predicted octanol–water partition coefficient (Wildman–Crippen LogP) is 3.36. The van der Waals surface area contributed by atoms with E-state index in [1.54, 1.807) is 6.33 Å². The van der Waals surface area contributed by atoms with E-state index in [1.165, 1.54) is 5.56 Å². The SMILES string of the molecule is CCCN(CCN1CCC(c2cc(C)c3c(c2)Nc2ncnc(N4CCS(=O)(=O)CC4)c2[C@@H](C)O3)CC1)C(=O)C#CCCN1CCOCC1. The van der Waals surface area contributed by atoms with Crippen molar-refractivity contribution in [3.63, 3.8) is 0 Å². The summed E-state index contributed by atoms with van der Waals surface area (Å²) < 4.78 is 36.1. The van der Waals surface area contributed by atoms with E-state index in [4.69, 9.17) is 9.47 Å². The largest absolute Gasteiger partial charge is 0.483 e. The molecule has 0 bridgehead atoms. The van der Waals surface area contributed by atoms with E-state index in [-0.39, 0.29) is 23.5 Å². The van der Waals surface area contributed by atoms with Gasteiger partial charge in [-0.2, -0.15) is 0 Å². The molecular formula is C36H51N7O5S. The van der Waals surface area contributed by atoms with E-state index in [0.29, 0.717) is 37.8 Å². The second-order valence-electron chi connectivity index (χ2n) is 13.6. The number of nitrogens with zero attached hydrogens (tertiary/aromatic N) is 6. The lowest BCUT2D eigenvalue weighted by Crippen LogP contribution is -2.41. The number of morpholine rings is 1. The number of benzene rings is 1. The summed E-state index contributed by atoms with van der Waals surface area (Å²) in [6.45, 7) is 15.6. The van der Waals surface area contributed by atoms with E-state index in [0.717, 1.165) is 107 Å². The summed E-state index contributed by atoms with van der Waals surface area (Å²) in [5.74, 6) is 8.85. The van der Waals surface area contributed by atoms with Crippen LogP contribution in [-0.4, -0.2) is 129 Å². The van der Waals surface area contributed by atoms with Crippen molar-refractivity contribution in [2.24, 2.45) is 0 Å². The van der Waals surface area contributed by atoms with Crippen LogP contribution in [0.25, 0.3) is 0 Å². The molecule has 1 atom stereocenters. The highest BCUT2D eigenvalue weighted by Gasteiger charge is 2.32. The number of anilines is 3. The highest BCUT2D eigenvalue weighted by molar-refractivity contribution is 7.91. The Labute approximate surface area is 291 Å². The number of likely N-dealkylation sites (tertiary alicyclic amines) is 1. The van der Waals surface area contributed by atoms with Crippen LogP contribution in [-0.2, 0) is 19.4 Å². The Balaban J connectivity index is 1.05. The molecule has 266 valence electrons. The molecule has 0 spiro atoms. The number of amides is 1. The van der Waals surface area contributed by atoms with Crippen LogP contribution < -0.4 is 15.0 Å². The fourth-order valence-corrected chi connectivity index (χ4v) is 8.48.